The molecule has 38 heavy (non-hydrogen) atoms. The number of guanidine groups is 1. The first-order valence-corrected chi connectivity index (χ1v) is 13.1. The summed E-state index contributed by atoms with van der Waals surface area (Å²) in [6, 6.07) is 9.22. The average Bonchev–Trinajstić information content (AvgIpc) is 3.45. The Morgan fingerprint density at radius 1 is 1.03 bits per heavy atom. The summed E-state index contributed by atoms with van der Waals surface area (Å²) in [5.41, 5.74) is 1.65. The summed E-state index contributed by atoms with van der Waals surface area (Å²) in [7, 11) is 3.75. The summed E-state index contributed by atoms with van der Waals surface area (Å²) in [5.74, 6) is -0.468. The highest BCUT2D eigenvalue weighted by molar-refractivity contribution is 8.06. The largest absolute Gasteiger partial charge is 0.367 e. The molecule has 0 saturated carbocycles. The number of hydrogen-bond acceptors (Lipinski definition) is 6. The van der Waals surface area contributed by atoms with Crippen LogP contribution in [0.2, 0.25) is 0 Å². The molecule has 1 saturated heterocycles. The van der Waals surface area contributed by atoms with Crippen LogP contribution in [0.25, 0.3) is 0 Å². The van der Waals surface area contributed by atoms with E-state index in [0.717, 1.165) is 37.2 Å². The predicted octanol–water partition coefficient (Wildman–Crippen LogP) is 4.76. The molecule has 200 valence electrons. The maximum Gasteiger partial charge on any atom is 0.247 e. The molecule has 0 atom stereocenters. The van der Waals surface area contributed by atoms with Gasteiger partial charge in [-0.3, -0.25) is 4.79 Å². The number of amides is 1. The number of anilines is 4. The molecule has 8 nitrogen and oxygen atoms in total. The highest BCUT2D eigenvalue weighted by Gasteiger charge is 2.18. The van der Waals surface area contributed by atoms with E-state index in [1.54, 1.807) is 19.2 Å². The maximum atomic E-state index is 15.0. The number of nitrogens with zero attached hydrogens (tertiary/aromatic N) is 3. The summed E-state index contributed by atoms with van der Waals surface area (Å²) in [6.45, 7) is 6.75. The van der Waals surface area contributed by atoms with Gasteiger partial charge in [0.05, 0.1) is 11.4 Å². The summed E-state index contributed by atoms with van der Waals surface area (Å²) >= 11 is 1.47. The molecule has 2 aromatic carbocycles. The summed E-state index contributed by atoms with van der Waals surface area (Å²) < 4.78 is 29.7. The summed E-state index contributed by atoms with van der Waals surface area (Å²) in [5, 5.41) is 13.7. The molecule has 0 bridgehead atoms. The van der Waals surface area contributed by atoms with Crippen molar-refractivity contribution in [1.82, 2.24) is 10.2 Å². The van der Waals surface area contributed by atoms with Gasteiger partial charge < -0.3 is 31.1 Å². The monoisotopic (exact) mass is 539 g/mol. The number of nitrogens with one attached hydrogen (secondary N) is 4. The van der Waals surface area contributed by atoms with Crippen LogP contribution in [0.4, 0.5) is 31.5 Å². The lowest BCUT2D eigenvalue weighted by molar-refractivity contribution is -0.111. The zero-order chi connectivity index (χ0) is 27.1. The van der Waals surface area contributed by atoms with Crippen LogP contribution in [0.15, 0.2) is 76.3 Å². The van der Waals surface area contributed by atoms with E-state index in [2.05, 4.69) is 44.8 Å². The van der Waals surface area contributed by atoms with Crippen molar-refractivity contribution in [3.8, 4) is 0 Å². The van der Waals surface area contributed by atoms with Gasteiger partial charge in [-0.2, -0.15) is 4.99 Å². The van der Waals surface area contributed by atoms with Crippen molar-refractivity contribution < 1.29 is 13.6 Å². The fraction of sp³-hybridized carbons (Fsp3) is 0.259. The highest BCUT2D eigenvalue weighted by atomic mass is 32.2. The Morgan fingerprint density at radius 2 is 1.76 bits per heavy atom. The lowest BCUT2D eigenvalue weighted by Crippen LogP contribution is -2.44. The molecule has 0 unspecified atom stereocenters. The number of rotatable bonds is 7. The van der Waals surface area contributed by atoms with Crippen LogP contribution in [-0.4, -0.2) is 57.0 Å². The molecule has 2 aromatic rings. The van der Waals surface area contributed by atoms with Gasteiger partial charge in [0.2, 0.25) is 11.9 Å². The van der Waals surface area contributed by atoms with E-state index in [9.17, 15) is 9.18 Å². The smallest absolute Gasteiger partial charge is 0.247 e. The molecule has 0 aliphatic carbocycles. The Bertz CT molecular complexity index is 1280. The fourth-order valence-electron chi connectivity index (χ4n) is 3.95. The third kappa shape index (κ3) is 6.93. The molecule has 0 aromatic heterocycles. The Kier molecular flexibility index (Phi) is 9.03. The van der Waals surface area contributed by atoms with Gasteiger partial charge in [-0.1, -0.05) is 24.4 Å². The molecule has 2 aliphatic rings. The summed E-state index contributed by atoms with van der Waals surface area (Å²) in [4.78, 5) is 21.5. The van der Waals surface area contributed by atoms with E-state index < -0.39 is 11.7 Å². The van der Waals surface area contributed by atoms with Gasteiger partial charge in [-0.15, -0.1) is 0 Å². The van der Waals surface area contributed by atoms with Crippen molar-refractivity contribution in [3.05, 3.63) is 82.9 Å². The number of likely N-dealkylation sites (N-methyl/N-ethyl adjacent to an activating group) is 1. The topological polar surface area (TPSA) is 84.0 Å². The van der Waals surface area contributed by atoms with Crippen molar-refractivity contribution in [1.29, 1.82) is 0 Å². The SMILES string of the molecule is C=CC(=O)Nc1ccc(F)c(NC(/N=C(\NC)Nc2ccc(N3CCN(C)CC3)c(F)c2)=C2/CC=CS2)c1. The van der Waals surface area contributed by atoms with Crippen molar-refractivity contribution in [2.75, 3.05) is 61.1 Å². The Balaban J connectivity index is 1.56. The Labute approximate surface area is 225 Å². The van der Waals surface area contributed by atoms with E-state index in [1.807, 2.05) is 16.4 Å². The number of carbonyl (C=O) groups excluding carboxylic acids is 1. The van der Waals surface area contributed by atoms with Gasteiger partial charge in [0, 0.05) is 55.9 Å². The Morgan fingerprint density at radius 3 is 2.42 bits per heavy atom. The molecule has 2 aliphatic heterocycles. The number of aliphatic imine (C=N–C) groups is 1. The number of piperazine rings is 1. The second-order valence-electron chi connectivity index (χ2n) is 8.77. The molecule has 0 spiro atoms. The van der Waals surface area contributed by atoms with Crippen molar-refractivity contribution in [2.24, 2.45) is 4.99 Å². The predicted molar refractivity (Wildman–Crippen MR) is 153 cm³/mol. The van der Waals surface area contributed by atoms with Crippen LogP contribution in [0.1, 0.15) is 6.42 Å². The zero-order valence-electron chi connectivity index (χ0n) is 21.4. The first-order valence-electron chi connectivity index (χ1n) is 12.2. The lowest BCUT2D eigenvalue weighted by Gasteiger charge is -2.34. The number of thioether (sulfide) groups is 1. The number of benzene rings is 2. The second kappa shape index (κ2) is 12.6. The van der Waals surface area contributed by atoms with Gasteiger partial charge >= 0.3 is 0 Å². The number of allylic oxidation sites excluding steroid dienone is 2. The number of halogens is 2. The van der Waals surface area contributed by atoms with Crippen molar-refractivity contribution in [3.63, 3.8) is 0 Å². The van der Waals surface area contributed by atoms with Crippen molar-refractivity contribution >= 4 is 46.4 Å². The van der Waals surface area contributed by atoms with Crippen LogP contribution in [0.3, 0.4) is 0 Å². The molecular weight excluding hydrogens is 508 g/mol. The van der Waals surface area contributed by atoms with Crippen molar-refractivity contribution in [2.45, 2.75) is 6.42 Å². The second-order valence-corrected chi connectivity index (χ2v) is 9.77. The maximum absolute atomic E-state index is 15.0. The van der Waals surface area contributed by atoms with E-state index in [4.69, 9.17) is 0 Å². The molecular formula is C27H31F2N7OS. The van der Waals surface area contributed by atoms with E-state index in [0.29, 0.717) is 35.3 Å². The molecule has 4 rings (SSSR count). The molecule has 1 fully saturated rings. The number of carbonyl (C=O) groups is 1. The lowest BCUT2D eigenvalue weighted by atomic mass is 10.2. The third-order valence-electron chi connectivity index (χ3n) is 6.06. The van der Waals surface area contributed by atoms with E-state index in [-0.39, 0.29) is 11.5 Å². The first-order chi connectivity index (χ1) is 18.4. The quantitative estimate of drug-likeness (QED) is 0.229. The summed E-state index contributed by atoms with van der Waals surface area (Å²) in [6.07, 6.45) is 3.74. The number of hydrogen-bond donors (Lipinski definition) is 4. The van der Waals surface area contributed by atoms with Crippen LogP contribution >= 0.6 is 11.8 Å². The van der Waals surface area contributed by atoms with Gasteiger partial charge in [0.15, 0.2) is 0 Å². The third-order valence-corrected chi connectivity index (χ3v) is 7.03. The van der Waals surface area contributed by atoms with Gasteiger partial charge in [0.1, 0.15) is 17.5 Å². The van der Waals surface area contributed by atoms with E-state index >= 15 is 4.39 Å². The minimum Gasteiger partial charge on any atom is -0.367 e. The molecule has 4 N–H and O–H groups in total. The average molecular weight is 540 g/mol. The molecule has 1 amide bonds. The van der Waals surface area contributed by atoms with Gasteiger partial charge in [-0.05, 0) is 54.9 Å². The minimum absolute atomic E-state index is 0.142. The molecule has 2 heterocycles. The standard InChI is InChI=1S/C27H31F2N7OS/c1-4-25(37)31-19-7-9-20(28)22(17-19)33-26(24-6-5-15-38-24)34-27(30-2)32-18-8-10-23(21(29)16-18)36-13-11-35(3)12-14-36/h4-5,7-10,15-17,33H,1,6,11-14H2,2-3H3,(H,31,37)(H2,30,32,34)/b26-24+. The van der Waals surface area contributed by atoms with Crippen LogP contribution < -0.4 is 26.2 Å². The van der Waals surface area contributed by atoms with Gasteiger partial charge in [0.25, 0.3) is 0 Å². The highest BCUT2D eigenvalue weighted by Crippen LogP contribution is 2.33. The first kappa shape index (κ1) is 27.2. The van der Waals surface area contributed by atoms with Gasteiger partial charge in [-0.25, -0.2) is 8.78 Å². The van der Waals surface area contributed by atoms with E-state index in [1.165, 1.54) is 36.0 Å². The van der Waals surface area contributed by atoms with Crippen LogP contribution in [-0.2, 0) is 4.79 Å². The molecule has 11 heteroatoms. The minimum atomic E-state index is -0.508. The normalized spacial score (nSPS) is 17.3. The fourth-order valence-corrected chi connectivity index (χ4v) is 4.71. The molecule has 0 radical (unpaired) electrons. The van der Waals surface area contributed by atoms with Crippen LogP contribution in [0, 0.1) is 11.6 Å². The Hall–Kier alpha value is -3.83. The van der Waals surface area contributed by atoms with Crippen LogP contribution in [0.5, 0.6) is 0 Å². The zero-order valence-corrected chi connectivity index (χ0v) is 22.2.